The number of benzene rings is 6. The summed E-state index contributed by atoms with van der Waals surface area (Å²) >= 11 is 0. The molecule has 0 saturated heterocycles. The number of aromatic nitrogens is 1. The summed E-state index contributed by atoms with van der Waals surface area (Å²) in [6.07, 6.45) is 0. The molecule has 0 atom stereocenters. The molecule has 1 aromatic heterocycles. The molecule has 0 spiro atoms. The summed E-state index contributed by atoms with van der Waals surface area (Å²) in [4.78, 5) is 0. The van der Waals surface area contributed by atoms with Gasteiger partial charge in [0, 0.05) is 28.3 Å². The molecule has 0 fully saturated rings. The van der Waals surface area contributed by atoms with Crippen LogP contribution in [0.4, 0.5) is 0 Å². The molecule has 2 heteroatoms. The summed E-state index contributed by atoms with van der Waals surface area (Å²) in [6.45, 7) is 0. The molecule has 1 heterocycles. The molecule has 6 aromatic carbocycles. The molecule has 0 N–H and O–H groups in total. The Balaban J connectivity index is 1.41. The van der Waals surface area contributed by atoms with Crippen LogP contribution in [0.25, 0.3) is 38.6 Å². The van der Waals surface area contributed by atoms with Crippen molar-refractivity contribution in [3.8, 4) is 22.9 Å². The van der Waals surface area contributed by atoms with Crippen LogP contribution in [-0.2, 0) is 0 Å². The number of nitrogens with zero attached hydrogens (tertiary/aromatic N) is 2. The van der Waals surface area contributed by atoms with E-state index in [1.165, 1.54) is 66.3 Å². The minimum absolute atomic E-state index is 0.0573. The number of fused-ring (bicyclic) bond motifs is 3. The lowest BCUT2D eigenvalue weighted by Crippen LogP contribution is -2.29. The van der Waals surface area contributed by atoms with Gasteiger partial charge in [-0.25, -0.2) is 0 Å². The number of rotatable bonds is 2. The molecule has 0 amide bonds. The van der Waals surface area contributed by atoms with E-state index in [0.29, 0.717) is 0 Å². The van der Waals surface area contributed by atoms with E-state index in [1.54, 1.807) is 0 Å². The topological polar surface area (TPSA) is 28.7 Å². The molecule has 0 radical (unpaired) electrons. The fraction of sp³-hybridized carbons (Fsp3) is 0.0513. The van der Waals surface area contributed by atoms with Crippen molar-refractivity contribution >= 4 is 21.8 Å². The SMILES string of the molecule is N#Cc1ccc(-c2cccc3c2c2ccccc2n3-c2ccccc2)c2c1C1c3ccccc3C2c2ccccc21. The number of nitriles is 1. The van der Waals surface area contributed by atoms with Gasteiger partial charge >= 0.3 is 0 Å². The van der Waals surface area contributed by atoms with Crippen molar-refractivity contribution in [3.05, 3.63) is 172 Å². The molecule has 3 aliphatic rings. The van der Waals surface area contributed by atoms with E-state index in [4.69, 9.17) is 0 Å². The van der Waals surface area contributed by atoms with E-state index in [0.717, 1.165) is 11.3 Å². The molecular weight excluding hydrogens is 496 g/mol. The quantitative estimate of drug-likeness (QED) is 0.223. The van der Waals surface area contributed by atoms with Crippen LogP contribution < -0.4 is 0 Å². The Bertz CT molecular complexity index is 2180. The fourth-order valence-electron chi connectivity index (χ4n) is 7.72. The highest BCUT2D eigenvalue weighted by molar-refractivity contribution is 6.16. The van der Waals surface area contributed by atoms with Gasteiger partial charge in [0.05, 0.1) is 22.7 Å². The number of hydrogen-bond donors (Lipinski definition) is 0. The van der Waals surface area contributed by atoms with Crippen LogP contribution >= 0.6 is 0 Å². The minimum atomic E-state index is 0.0573. The van der Waals surface area contributed by atoms with E-state index in [2.05, 4.69) is 144 Å². The van der Waals surface area contributed by atoms with Crippen LogP contribution in [0.3, 0.4) is 0 Å². The first kappa shape index (κ1) is 22.4. The molecule has 2 nitrogen and oxygen atoms in total. The summed E-state index contributed by atoms with van der Waals surface area (Å²) in [5.41, 5.74) is 14.6. The van der Waals surface area contributed by atoms with E-state index in [1.807, 2.05) is 0 Å². The van der Waals surface area contributed by atoms with Crippen molar-refractivity contribution in [3.63, 3.8) is 0 Å². The van der Waals surface area contributed by atoms with Gasteiger partial charge in [-0.3, -0.25) is 0 Å². The average Bonchev–Trinajstić information content (AvgIpc) is 3.39. The van der Waals surface area contributed by atoms with Gasteiger partial charge in [-0.05, 0) is 74.8 Å². The van der Waals surface area contributed by atoms with Crippen LogP contribution in [0.2, 0.25) is 0 Å². The first-order valence-electron chi connectivity index (χ1n) is 14.2. The number of hydrogen-bond acceptors (Lipinski definition) is 1. The Morgan fingerprint density at radius 2 is 1.07 bits per heavy atom. The van der Waals surface area contributed by atoms with Crippen molar-refractivity contribution < 1.29 is 0 Å². The zero-order valence-corrected chi connectivity index (χ0v) is 22.3. The molecule has 7 aromatic rings. The summed E-state index contributed by atoms with van der Waals surface area (Å²) < 4.78 is 2.38. The molecule has 190 valence electrons. The largest absolute Gasteiger partial charge is 0.309 e. The smallest absolute Gasteiger partial charge is 0.0994 e. The van der Waals surface area contributed by atoms with Crippen molar-refractivity contribution in [2.45, 2.75) is 11.8 Å². The fourth-order valence-corrected chi connectivity index (χ4v) is 7.72. The third-order valence-corrected chi connectivity index (χ3v) is 9.22. The van der Waals surface area contributed by atoms with Crippen molar-refractivity contribution in [1.29, 1.82) is 5.26 Å². The summed E-state index contributed by atoms with van der Waals surface area (Å²) in [5.74, 6) is 0.144. The van der Waals surface area contributed by atoms with Gasteiger partial charge in [0.15, 0.2) is 0 Å². The van der Waals surface area contributed by atoms with Gasteiger partial charge in [0.25, 0.3) is 0 Å². The highest BCUT2D eigenvalue weighted by Crippen LogP contribution is 2.59. The number of para-hydroxylation sites is 2. The Labute approximate surface area is 238 Å². The Morgan fingerprint density at radius 3 is 1.76 bits per heavy atom. The molecule has 0 unspecified atom stereocenters. The first-order valence-corrected chi connectivity index (χ1v) is 14.2. The van der Waals surface area contributed by atoms with Crippen molar-refractivity contribution in [1.82, 2.24) is 4.57 Å². The standard InChI is InChI=1S/C39H24N2/c40-23-24-21-22-31(39-35(24)37-27-13-4-6-15-29(27)38(39)30-16-7-5-14-28(30)37)26-18-10-20-34-36(26)32-17-8-9-19-33(32)41(34)25-11-2-1-3-12-25/h1-22,37-38H. The lowest BCUT2D eigenvalue weighted by molar-refractivity contribution is 0.754. The average molecular weight is 521 g/mol. The maximum Gasteiger partial charge on any atom is 0.0994 e. The Morgan fingerprint density at radius 1 is 0.488 bits per heavy atom. The third kappa shape index (κ3) is 2.90. The van der Waals surface area contributed by atoms with Crippen LogP contribution in [-0.4, -0.2) is 4.57 Å². The lowest BCUT2D eigenvalue weighted by atomic mass is 9.59. The molecule has 3 aliphatic carbocycles. The normalized spacial score (nSPS) is 16.3. The van der Waals surface area contributed by atoms with Gasteiger partial charge in [0.2, 0.25) is 0 Å². The summed E-state index contributed by atoms with van der Waals surface area (Å²) in [6, 6.07) is 50.5. The molecular formula is C39H24N2. The molecule has 2 bridgehead atoms. The highest BCUT2D eigenvalue weighted by atomic mass is 15.0. The first-order chi connectivity index (χ1) is 20.3. The van der Waals surface area contributed by atoms with Crippen molar-refractivity contribution in [2.24, 2.45) is 0 Å². The van der Waals surface area contributed by atoms with Gasteiger partial charge in [-0.15, -0.1) is 0 Å². The second-order valence-corrected chi connectivity index (χ2v) is 11.1. The van der Waals surface area contributed by atoms with Crippen LogP contribution in [0.15, 0.2) is 133 Å². The van der Waals surface area contributed by atoms with E-state index < -0.39 is 0 Å². The van der Waals surface area contributed by atoms with Crippen molar-refractivity contribution in [2.75, 3.05) is 0 Å². The van der Waals surface area contributed by atoms with E-state index in [-0.39, 0.29) is 11.8 Å². The molecule has 10 rings (SSSR count). The van der Waals surface area contributed by atoms with Crippen LogP contribution in [0.5, 0.6) is 0 Å². The second kappa shape index (κ2) is 8.31. The highest BCUT2D eigenvalue weighted by Gasteiger charge is 2.43. The predicted octanol–water partition coefficient (Wildman–Crippen LogP) is 9.31. The monoisotopic (exact) mass is 520 g/mol. The molecule has 41 heavy (non-hydrogen) atoms. The van der Waals surface area contributed by atoms with Gasteiger partial charge in [0.1, 0.15) is 0 Å². The van der Waals surface area contributed by atoms with E-state index in [9.17, 15) is 5.26 Å². The predicted molar refractivity (Wildman–Crippen MR) is 166 cm³/mol. The Kier molecular flexibility index (Phi) is 4.54. The second-order valence-electron chi connectivity index (χ2n) is 11.1. The van der Waals surface area contributed by atoms with E-state index >= 15 is 0 Å². The van der Waals surface area contributed by atoms with Crippen LogP contribution in [0, 0.1) is 11.3 Å². The maximum atomic E-state index is 10.4. The zero-order chi connectivity index (χ0) is 27.1. The minimum Gasteiger partial charge on any atom is -0.309 e. The zero-order valence-electron chi connectivity index (χ0n) is 22.3. The summed E-state index contributed by atoms with van der Waals surface area (Å²) in [7, 11) is 0. The van der Waals surface area contributed by atoms with Gasteiger partial charge in [-0.1, -0.05) is 103 Å². The lowest BCUT2D eigenvalue weighted by Gasteiger charge is -2.43. The summed E-state index contributed by atoms with van der Waals surface area (Å²) in [5, 5.41) is 12.9. The Hall–Kier alpha value is -5.39. The van der Waals surface area contributed by atoms with Gasteiger partial charge < -0.3 is 4.57 Å². The third-order valence-electron chi connectivity index (χ3n) is 9.22. The van der Waals surface area contributed by atoms with Gasteiger partial charge in [-0.2, -0.15) is 5.26 Å². The molecule has 0 aliphatic heterocycles. The maximum absolute atomic E-state index is 10.4. The molecule has 0 saturated carbocycles. The van der Waals surface area contributed by atoms with Crippen LogP contribution in [0.1, 0.15) is 50.8 Å².